The molecule has 2 aromatic rings. The van der Waals surface area contributed by atoms with Crippen LogP contribution in [0.25, 0.3) is 0 Å². The molecule has 7 nitrogen and oxygen atoms in total. The van der Waals surface area contributed by atoms with Gasteiger partial charge in [-0.05, 0) is 19.8 Å². The Morgan fingerprint density at radius 2 is 2.33 bits per heavy atom. The van der Waals surface area contributed by atoms with Crippen molar-refractivity contribution in [2.75, 3.05) is 13.2 Å². The van der Waals surface area contributed by atoms with E-state index in [1.54, 1.807) is 0 Å². The number of nitrogens with zero attached hydrogens (tertiary/aromatic N) is 4. The van der Waals surface area contributed by atoms with Gasteiger partial charge in [0.05, 0.1) is 18.3 Å². The molecule has 1 N–H and O–H groups in total. The first-order valence-electron chi connectivity index (χ1n) is 8.83. The third-order valence-corrected chi connectivity index (χ3v) is 4.56. The lowest BCUT2D eigenvalue weighted by Crippen LogP contribution is -2.27. The second-order valence-corrected chi connectivity index (χ2v) is 6.57. The number of hydrogen-bond donors (Lipinski definition) is 1. The molecule has 1 fully saturated rings. The first kappa shape index (κ1) is 17.1. The van der Waals surface area contributed by atoms with Crippen molar-refractivity contribution in [3.63, 3.8) is 0 Å². The summed E-state index contributed by atoms with van der Waals surface area (Å²) >= 11 is 0. The second kappa shape index (κ2) is 7.90. The lowest BCUT2D eigenvalue weighted by molar-refractivity contribution is 0.0895. The van der Waals surface area contributed by atoms with Crippen molar-refractivity contribution in [1.82, 2.24) is 25.2 Å². The fourth-order valence-corrected chi connectivity index (χ4v) is 3.09. The molecule has 0 spiro atoms. The molecule has 24 heavy (non-hydrogen) atoms. The fourth-order valence-electron chi connectivity index (χ4n) is 3.09. The zero-order chi connectivity index (χ0) is 16.9. The predicted octanol–water partition coefficient (Wildman–Crippen LogP) is 2.57. The molecule has 3 rings (SSSR count). The van der Waals surface area contributed by atoms with Crippen LogP contribution in [0.4, 0.5) is 0 Å². The standard InChI is InChI=1S/C17H27N5O2/c1-4-5-6-15-20-17(24-21-15)12(2)18-9-13-7-8-23-16(13)14-10-19-22(3)11-14/h10-13,16,18H,4-9H2,1-3H3/t12-,13-,16+/m0/s1. The van der Waals surface area contributed by atoms with Crippen LogP contribution in [0.1, 0.15) is 62.5 Å². The monoisotopic (exact) mass is 333 g/mol. The molecule has 1 aliphatic rings. The van der Waals surface area contributed by atoms with E-state index in [1.165, 1.54) is 0 Å². The molecule has 0 amide bonds. The fraction of sp³-hybridized carbons (Fsp3) is 0.706. The average Bonchev–Trinajstić information content (AvgIpc) is 3.30. The molecule has 2 aromatic heterocycles. The van der Waals surface area contributed by atoms with Crippen molar-refractivity contribution in [3.05, 3.63) is 29.7 Å². The van der Waals surface area contributed by atoms with Crippen molar-refractivity contribution >= 4 is 0 Å². The maximum absolute atomic E-state index is 5.91. The number of aryl methyl sites for hydroxylation is 2. The summed E-state index contributed by atoms with van der Waals surface area (Å²) in [6.45, 7) is 5.87. The van der Waals surface area contributed by atoms with Gasteiger partial charge < -0.3 is 14.6 Å². The largest absolute Gasteiger partial charge is 0.373 e. The summed E-state index contributed by atoms with van der Waals surface area (Å²) in [6.07, 6.45) is 8.19. The third-order valence-electron chi connectivity index (χ3n) is 4.56. The predicted molar refractivity (Wildman–Crippen MR) is 89.3 cm³/mol. The summed E-state index contributed by atoms with van der Waals surface area (Å²) in [7, 11) is 1.93. The molecule has 3 heterocycles. The van der Waals surface area contributed by atoms with Gasteiger partial charge in [-0.2, -0.15) is 10.1 Å². The minimum Gasteiger partial charge on any atom is -0.373 e. The van der Waals surface area contributed by atoms with Gasteiger partial charge in [-0.1, -0.05) is 18.5 Å². The Bertz CT molecular complexity index is 638. The molecule has 3 atom stereocenters. The van der Waals surface area contributed by atoms with E-state index in [4.69, 9.17) is 9.26 Å². The Hall–Kier alpha value is -1.73. The molecule has 1 aliphatic heterocycles. The van der Waals surface area contributed by atoms with E-state index in [0.717, 1.165) is 50.2 Å². The van der Waals surface area contributed by atoms with Crippen molar-refractivity contribution in [3.8, 4) is 0 Å². The number of hydrogen-bond acceptors (Lipinski definition) is 6. The Kier molecular flexibility index (Phi) is 5.63. The smallest absolute Gasteiger partial charge is 0.243 e. The van der Waals surface area contributed by atoms with Gasteiger partial charge in [0.2, 0.25) is 5.89 Å². The molecule has 0 saturated carbocycles. The summed E-state index contributed by atoms with van der Waals surface area (Å²) in [6, 6.07) is 0.0445. The summed E-state index contributed by atoms with van der Waals surface area (Å²) in [5, 5.41) is 11.8. The molecule has 132 valence electrons. The molecule has 1 saturated heterocycles. The first-order valence-corrected chi connectivity index (χ1v) is 8.83. The van der Waals surface area contributed by atoms with E-state index in [9.17, 15) is 0 Å². The molecule has 0 unspecified atom stereocenters. The highest BCUT2D eigenvalue weighted by molar-refractivity contribution is 5.11. The van der Waals surface area contributed by atoms with Crippen LogP contribution in [-0.4, -0.2) is 33.1 Å². The highest BCUT2D eigenvalue weighted by atomic mass is 16.5. The lowest BCUT2D eigenvalue weighted by atomic mass is 9.97. The molecule has 0 radical (unpaired) electrons. The highest BCUT2D eigenvalue weighted by Crippen LogP contribution is 2.34. The number of rotatable bonds is 8. The van der Waals surface area contributed by atoms with Gasteiger partial charge in [0.15, 0.2) is 5.82 Å². The minimum atomic E-state index is 0.0445. The van der Waals surface area contributed by atoms with Gasteiger partial charge in [0.1, 0.15) is 0 Å². The average molecular weight is 333 g/mol. The molecule has 0 bridgehead atoms. The van der Waals surface area contributed by atoms with Crippen molar-refractivity contribution in [2.24, 2.45) is 13.0 Å². The normalized spacial score (nSPS) is 22.1. The molecular formula is C17H27N5O2. The Morgan fingerprint density at radius 1 is 1.46 bits per heavy atom. The zero-order valence-corrected chi connectivity index (χ0v) is 14.7. The molecular weight excluding hydrogens is 306 g/mol. The van der Waals surface area contributed by atoms with Crippen molar-refractivity contribution in [1.29, 1.82) is 0 Å². The van der Waals surface area contributed by atoms with Crippen molar-refractivity contribution < 1.29 is 9.26 Å². The summed E-state index contributed by atoms with van der Waals surface area (Å²) in [5.74, 6) is 1.90. The Labute approximate surface area is 142 Å². The second-order valence-electron chi connectivity index (χ2n) is 6.57. The quantitative estimate of drug-likeness (QED) is 0.800. The van der Waals surface area contributed by atoms with E-state index in [-0.39, 0.29) is 12.1 Å². The molecule has 7 heteroatoms. The number of ether oxygens (including phenoxy) is 1. The van der Waals surface area contributed by atoms with Crippen LogP contribution < -0.4 is 5.32 Å². The Morgan fingerprint density at radius 3 is 3.08 bits per heavy atom. The SMILES string of the molecule is CCCCc1noc([C@H](C)NC[C@@H]2CCO[C@H]2c2cnn(C)c2)n1. The van der Waals surface area contributed by atoms with Gasteiger partial charge in [-0.15, -0.1) is 0 Å². The minimum absolute atomic E-state index is 0.0445. The van der Waals surface area contributed by atoms with Crippen LogP contribution in [0.5, 0.6) is 0 Å². The highest BCUT2D eigenvalue weighted by Gasteiger charge is 2.31. The Balaban J connectivity index is 1.53. The van der Waals surface area contributed by atoms with Gasteiger partial charge in [0.25, 0.3) is 0 Å². The topological polar surface area (TPSA) is 78.0 Å². The van der Waals surface area contributed by atoms with Crippen LogP contribution in [0, 0.1) is 5.92 Å². The van der Waals surface area contributed by atoms with E-state index in [0.29, 0.717) is 11.8 Å². The van der Waals surface area contributed by atoms with Gasteiger partial charge in [-0.25, -0.2) is 0 Å². The van der Waals surface area contributed by atoms with Crippen LogP contribution >= 0.6 is 0 Å². The number of nitrogens with one attached hydrogen (secondary N) is 1. The molecule has 0 aliphatic carbocycles. The van der Waals surface area contributed by atoms with Gasteiger partial charge in [0, 0.05) is 44.3 Å². The first-order chi connectivity index (χ1) is 11.7. The maximum atomic E-state index is 5.91. The third kappa shape index (κ3) is 4.02. The van der Waals surface area contributed by atoms with Gasteiger partial charge >= 0.3 is 0 Å². The van der Waals surface area contributed by atoms with E-state index >= 15 is 0 Å². The maximum Gasteiger partial charge on any atom is 0.243 e. The summed E-state index contributed by atoms with van der Waals surface area (Å²) in [4.78, 5) is 4.49. The van der Waals surface area contributed by atoms with Crippen LogP contribution in [0.2, 0.25) is 0 Å². The number of unbranched alkanes of at least 4 members (excludes halogenated alkanes) is 1. The van der Waals surface area contributed by atoms with Crippen LogP contribution in [-0.2, 0) is 18.2 Å². The van der Waals surface area contributed by atoms with E-state index in [1.807, 2.05) is 24.1 Å². The van der Waals surface area contributed by atoms with E-state index in [2.05, 4.69) is 34.4 Å². The van der Waals surface area contributed by atoms with Crippen molar-refractivity contribution in [2.45, 2.75) is 51.7 Å². The summed E-state index contributed by atoms with van der Waals surface area (Å²) < 4.78 is 13.1. The zero-order valence-electron chi connectivity index (χ0n) is 14.7. The van der Waals surface area contributed by atoms with Crippen LogP contribution in [0.3, 0.4) is 0 Å². The van der Waals surface area contributed by atoms with Crippen LogP contribution in [0.15, 0.2) is 16.9 Å². The van der Waals surface area contributed by atoms with E-state index < -0.39 is 0 Å². The summed E-state index contributed by atoms with van der Waals surface area (Å²) in [5.41, 5.74) is 1.15. The van der Waals surface area contributed by atoms with Gasteiger partial charge in [-0.3, -0.25) is 4.68 Å². The number of aromatic nitrogens is 4. The molecule has 0 aromatic carbocycles. The lowest BCUT2D eigenvalue weighted by Gasteiger charge is -2.19.